The van der Waals surface area contributed by atoms with Crippen molar-refractivity contribution in [3.8, 4) is 6.07 Å². The molecule has 0 aromatic rings. The number of carbonyl (C=O) groups is 2. The molecule has 2 amide bonds. The third kappa shape index (κ3) is 5.14. The summed E-state index contributed by atoms with van der Waals surface area (Å²) in [4.78, 5) is 30.1. The number of ether oxygens (including phenoxy) is 2. The molecule has 2 aliphatic carbocycles. The molecule has 0 aromatic heterocycles. The zero-order chi connectivity index (χ0) is 23.6. The van der Waals surface area contributed by atoms with Gasteiger partial charge in [0.15, 0.2) is 6.10 Å². The van der Waals surface area contributed by atoms with Gasteiger partial charge in [-0.15, -0.1) is 0 Å². The van der Waals surface area contributed by atoms with E-state index in [-0.39, 0.29) is 5.91 Å². The zero-order valence-electron chi connectivity index (χ0n) is 20.5. The molecule has 2 heterocycles. The monoisotopic (exact) mass is 460 g/mol. The van der Waals surface area contributed by atoms with Crippen molar-refractivity contribution in [2.45, 2.75) is 70.9 Å². The number of nitriles is 1. The van der Waals surface area contributed by atoms with Gasteiger partial charge in [0.1, 0.15) is 5.54 Å². The van der Waals surface area contributed by atoms with E-state index in [1.54, 1.807) is 4.90 Å². The first-order valence-electron chi connectivity index (χ1n) is 12.8. The minimum atomic E-state index is -0.915. The maximum Gasteiger partial charge on any atom is 0.410 e. The molecule has 184 valence electrons. The summed E-state index contributed by atoms with van der Waals surface area (Å²) in [6, 6.07) is 2.34. The second kappa shape index (κ2) is 9.79. The highest BCUT2D eigenvalue weighted by Crippen LogP contribution is 2.63. The summed E-state index contributed by atoms with van der Waals surface area (Å²) < 4.78 is 11.2. The van der Waals surface area contributed by atoms with Crippen LogP contribution in [0.15, 0.2) is 0 Å². The average molecular weight is 461 g/mol. The van der Waals surface area contributed by atoms with E-state index in [1.807, 2.05) is 0 Å². The maximum absolute atomic E-state index is 13.5. The summed E-state index contributed by atoms with van der Waals surface area (Å²) in [6.07, 6.45) is 4.54. The lowest BCUT2D eigenvalue weighted by atomic mass is 9.65. The van der Waals surface area contributed by atoms with Crippen molar-refractivity contribution in [2.75, 3.05) is 45.9 Å². The summed E-state index contributed by atoms with van der Waals surface area (Å²) in [5.41, 5.74) is -0.418. The van der Waals surface area contributed by atoms with Crippen molar-refractivity contribution >= 4 is 12.0 Å². The van der Waals surface area contributed by atoms with E-state index in [2.05, 4.69) is 37.1 Å². The second-order valence-electron chi connectivity index (χ2n) is 10.9. The predicted molar refractivity (Wildman–Crippen MR) is 123 cm³/mol. The van der Waals surface area contributed by atoms with E-state index < -0.39 is 17.7 Å². The number of carbonyl (C=O) groups excluding carboxylic acids is 2. The van der Waals surface area contributed by atoms with Gasteiger partial charge in [0.25, 0.3) is 5.91 Å². The number of rotatable bonds is 6. The van der Waals surface area contributed by atoms with E-state index in [0.717, 1.165) is 25.9 Å². The molecule has 4 atom stereocenters. The van der Waals surface area contributed by atoms with Gasteiger partial charge in [0.2, 0.25) is 0 Å². The molecule has 4 fully saturated rings. The maximum atomic E-state index is 13.5. The average Bonchev–Trinajstić information content (AvgIpc) is 3.53. The van der Waals surface area contributed by atoms with E-state index in [1.165, 1.54) is 12.8 Å². The Hall–Kier alpha value is -1.85. The van der Waals surface area contributed by atoms with Gasteiger partial charge in [-0.2, -0.15) is 5.26 Å². The molecule has 8 heteroatoms. The minimum absolute atomic E-state index is 0.330. The third-order valence-corrected chi connectivity index (χ3v) is 8.89. The Morgan fingerprint density at radius 3 is 2.36 bits per heavy atom. The van der Waals surface area contributed by atoms with Crippen LogP contribution in [0.1, 0.15) is 59.3 Å². The quantitative estimate of drug-likeness (QED) is 0.655. The number of likely N-dealkylation sites (N-methyl/N-ethyl adjacent to an activating group) is 1. The Bertz CT molecular complexity index is 759. The predicted octanol–water partition coefficient (Wildman–Crippen LogP) is 2.78. The van der Waals surface area contributed by atoms with Crippen LogP contribution in [0.25, 0.3) is 0 Å². The Kier molecular flexibility index (Phi) is 7.20. The lowest BCUT2D eigenvalue weighted by molar-refractivity contribution is -0.133. The lowest BCUT2D eigenvalue weighted by Crippen LogP contribution is -2.54. The van der Waals surface area contributed by atoms with Crippen LogP contribution < -0.4 is 5.32 Å². The molecule has 4 unspecified atom stereocenters. The van der Waals surface area contributed by atoms with Crippen LogP contribution in [0.4, 0.5) is 4.79 Å². The summed E-state index contributed by atoms with van der Waals surface area (Å²) in [5, 5.41) is 12.9. The molecule has 2 saturated carbocycles. The van der Waals surface area contributed by atoms with Crippen LogP contribution in [-0.4, -0.2) is 79.4 Å². The number of likely N-dealkylation sites (tertiary alicyclic amines) is 1. The fraction of sp³-hybridized carbons (Fsp3) is 0.880. The first-order valence-corrected chi connectivity index (χ1v) is 12.8. The molecular formula is C25H40N4O4. The van der Waals surface area contributed by atoms with Crippen LogP contribution >= 0.6 is 0 Å². The summed E-state index contributed by atoms with van der Waals surface area (Å²) in [6.45, 7) is 10.8. The van der Waals surface area contributed by atoms with Crippen molar-refractivity contribution < 1.29 is 19.1 Å². The number of morpholine rings is 1. The molecule has 4 aliphatic rings. The van der Waals surface area contributed by atoms with Crippen LogP contribution in [-0.2, 0) is 14.3 Å². The fourth-order valence-electron chi connectivity index (χ4n) is 6.52. The van der Waals surface area contributed by atoms with Crippen LogP contribution in [0.3, 0.4) is 0 Å². The van der Waals surface area contributed by atoms with Crippen LogP contribution in [0.5, 0.6) is 0 Å². The molecule has 2 aliphatic heterocycles. The van der Waals surface area contributed by atoms with Crippen molar-refractivity contribution in [2.24, 2.45) is 23.2 Å². The van der Waals surface area contributed by atoms with Crippen LogP contribution in [0.2, 0.25) is 0 Å². The largest absolute Gasteiger partial charge is 0.436 e. The molecule has 8 nitrogen and oxygen atoms in total. The van der Waals surface area contributed by atoms with E-state index in [9.17, 15) is 14.9 Å². The first kappa shape index (κ1) is 24.3. The van der Waals surface area contributed by atoms with E-state index in [0.29, 0.717) is 68.9 Å². The lowest BCUT2D eigenvalue weighted by Gasteiger charge is -2.41. The van der Waals surface area contributed by atoms with Crippen molar-refractivity contribution in [3.63, 3.8) is 0 Å². The zero-order valence-corrected chi connectivity index (χ0v) is 20.5. The molecule has 0 bridgehead atoms. The van der Waals surface area contributed by atoms with E-state index in [4.69, 9.17) is 9.47 Å². The van der Waals surface area contributed by atoms with Gasteiger partial charge in [-0.3, -0.25) is 4.79 Å². The Balaban J connectivity index is 1.45. The van der Waals surface area contributed by atoms with Gasteiger partial charge < -0.3 is 24.6 Å². The van der Waals surface area contributed by atoms with Crippen molar-refractivity contribution in [1.29, 1.82) is 5.26 Å². The van der Waals surface area contributed by atoms with E-state index >= 15 is 0 Å². The van der Waals surface area contributed by atoms with Gasteiger partial charge in [0, 0.05) is 26.2 Å². The smallest absolute Gasteiger partial charge is 0.410 e. The van der Waals surface area contributed by atoms with Gasteiger partial charge >= 0.3 is 6.09 Å². The molecular weight excluding hydrogens is 420 g/mol. The van der Waals surface area contributed by atoms with Gasteiger partial charge in [-0.1, -0.05) is 20.8 Å². The fourth-order valence-corrected chi connectivity index (χ4v) is 6.52. The molecule has 2 saturated heterocycles. The Labute approximate surface area is 197 Å². The topological polar surface area (TPSA) is 94.9 Å². The molecule has 1 spiro atoms. The van der Waals surface area contributed by atoms with Crippen LogP contribution in [0, 0.1) is 34.5 Å². The van der Waals surface area contributed by atoms with Crippen molar-refractivity contribution in [1.82, 2.24) is 15.1 Å². The van der Waals surface area contributed by atoms with Crippen molar-refractivity contribution in [3.05, 3.63) is 0 Å². The second-order valence-corrected chi connectivity index (χ2v) is 10.9. The number of hydrogen-bond acceptors (Lipinski definition) is 6. The molecule has 0 aromatic carbocycles. The summed E-state index contributed by atoms with van der Waals surface area (Å²) >= 11 is 0. The molecule has 4 rings (SSSR count). The minimum Gasteiger partial charge on any atom is -0.436 e. The normalized spacial score (nSPS) is 34.5. The number of nitrogens with zero attached hydrogens (tertiary/aromatic N) is 3. The highest BCUT2D eigenvalue weighted by molar-refractivity contribution is 5.84. The Morgan fingerprint density at radius 2 is 1.82 bits per heavy atom. The first-order chi connectivity index (χ1) is 15.8. The highest BCUT2D eigenvalue weighted by Gasteiger charge is 2.54. The van der Waals surface area contributed by atoms with Gasteiger partial charge in [-0.25, -0.2) is 4.79 Å². The number of hydrogen-bond donors (Lipinski definition) is 1. The van der Waals surface area contributed by atoms with Gasteiger partial charge in [0.05, 0.1) is 19.3 Å². The summed E-state index contributed by atoms with van der Waals surface area (Å²) in [5.74, 6) is 1.26. The molecule has 1 N–H and O–H groups in total. The SMILES string of the molecule is CCN1CCC(C#N)(NC(=O)C(CC2CC(C)C3(CC3)C(C)C2)OC(=O)N2CCOCC2)C1. The number of amides is 2. The molecule has 33 heavy (non-hydrogen) atoms. The Morgan fingerprint density at radius 1 is 1.15 bits per heavy atom. The molecule has 0 radical (unpaired) electrons. The summed E-state index contributed by atoms with van der Waals surface area (Å²) in [7, 11) is 0. The standard InChI is InChI=1S/C25H40N4O4/c1-4-28-8-7-24(16-26,17-28)27-22(30)21(33-23(31)29-9-11-32-12-10-29)15-20-13-18(2)25(5-6-25)19(3)14-20/h18-21H,4-15,17H2,1-3H3,(H,27,30). The van der Waals surface area contributed by atoms with Gasteiger partial charge in [-0.05, 0) is 68.2 Å². The third-order valence-electron chi connectivity index (χ3n) is 8.89. The highest BCUT2D eigenvalue weighted by atomic mass is 16.6. The number of nitrogens with one attached hydrogen (secondary N) is 1.